The van der Waals surface area contributed by atoms with Crippen LogP contribution in [0, 0.1) is 0 Å². The second kappa shape index (κ2) is 5.56. The van der Waals surface area contributed by atoms with Crippen LogP contribution in [0.25, 0.3) is 0 Å². The van der Waals surface area contributed by atoms with E-state index in [9.17, 15) is 31.1 Å². The highest BCUT2D eigenvalue weighted by atomic mass is 19.4. The number of carbonyl (C=O) groups is 1. The number of benzene rings is 1. The fourth-order valence-corrected chi connectivity index (χ4v) is 1.32. The fourth-order valence-electron chi connectivity index (χ4n) is 1.32. The first-order valence-electron chi connectivity index (χ1n) is 5.11. The summed E-state index contributed by atoms with van der Waals surface area (Å²) in [5.74, 6) is -0.948. The summed E-state index contributed by atoms with van der Waals surface area (Å²) in [7, 11) is 0. The topological polar surface area (TPSA) is 26.3 Å². The van der Waals surface area contributed by atoms with E-state index in [0.717, 1.165) is 6.08 Å². The predicted molar refractivity (Wildman–Crippen MR) is 56.4 cm³/mol. The molecule has 0 aliphatic carbocycles. The van der Waals surface area contributed by atoms with Gasteiger partial charge in [-0.05, 0) is 23.8 Å². The Morgan fingerprint density at radius 3 is 1.85 bits per heavy atom. The van der Waals surface area contributed by atoms with Gasteiger partial charge < -0.3 is 4.74 Å². The van der Waals surface area contributed by atoms with Gasteiger partial charge in [-0.2, -0.15) is 26.3 Å². The summed E-state index contributed by atoms with van der Waals surface area (Å²) in [4.78, 5) is 10.8. The van der Waals surface area contributed by atoms with E-state index in [-0.39, 0.29) is 6.07 Å². The molecule has 0 bridgehead atoms. The molecule has 0 amide bonds. The molecular formula is C12H8F6O2. The molecular weight excluding hydrogens is 290 g/mol. The molecule has 0 atom stereocenters. The average Bonchev–Trinajstić information content (AvgIpc) is 2.33. The summed E-state index contributed by atoms with van der Waals surface area (Å²) in [6.45, 7) is 2.34. The lowest BCUT2D eigenvalue weighted by atomic mass is 10.1. The SMILES string of the molecule is C=CC(=O)OCc1cc(C(F)(F)F)cc(C(F)(F)F)c1. The van der Waals surface area contributed by atoms with Crippen LogP contribution in [0.4, 0.5) is 26.3 Å². The summed E-state index contributed by atoms with van der Waals surface area (Å²) in [5, 5.41) is 0. The maximum atomic E-state index is 12.5. The van der Waals surface area contributed by atoms with Gasteiger partial charge >= 0.3 is 18.3 Å². The van der Waals surface area contributed by atoms with Crippen LogP contribution in [0.3, 0.4) is 0 Å². The molecule has 0 radical (unpaired) electrons. The molecule has 1 aromatic rings. The van der Waals surface area contributed by atoms with E-state index in [4.69, 9.17) is 0 Å². The molecule has 0 fully saturated rings. The fraction of sp³-hybridized carbons (Fsp3) is 0.250. The molecule has 1 aromatic carbocycles. The van der Waals surface area contributed by atoms with Crippen LogP contribution >= 0.6 is 0 Å². The van der Waals surface area contributed by atoms with Gasteiger partial charge in [0, 0.05) is 6.08 Å². The van der Waals surface area contributed by atoms with Crippen LogP contribution in [0.1, 0.15) is 16.7 Å². The van der Waals surface area contributed by atoms with Crippen LogP contribution in [0.5, 0.6) is 0 Å². The van der Waals surface area contributed by atoms with Crippen LogP contribution in [-0.4, -0.2) is 5.97 Å². The standard InChI is InChI=1S/C12H8F6O2/c1-2-10(19)20-6-7-3-8(11(13,14)15)5-9(4-7)12(16,17)18/h2-5H,1,6H2. The normalized spacial score (nSPS) is 12.1. The third-order valence-electron chi connectivity index (χ3n) is 2.20. The molecule has 0 unspecified atom stereocenters. The maximum Gasteiger partial charge on any atom is 0.416 e. The first-order valence-corrected chi connectivity index (χ1v) is 5.11. The van der Waals surface area contributed by atoms with Gasteiger partial charge in [0.1, 0.15) is 6.61 Å². The molecule has 110 valence electrons. The zero-order valence-corrected chi connectivity index (χ0v) is 9.81. The van der Waals surface area contributed by atoms with E-state index >= 15 is 0 Å². The van der Waals surface area contributed by atoms with Gasteiger partial charge in [0.25, 0.3) is 0 Å². The molecule has 0 aliphatic heterocycles. The number of ether oxygens (including phenoxy) is 1. The molecule has 2 nitrogen and oxygen atoms in total. The van der Waals surface area contributed by atoms with Gasteiger partial charge in [0.2, 0.25) is 0 Å². The van der Waals surface area contributed by atoms with Crippen molar-refractivity contribution in [2.24, 2.45) is 0 Å². The number of hydrogen-bond donors (Lipinski definition) is 0. The Kier molecular flexibility index (Phi) is 4.46. The summed E-state index contributed by atoms with van der Waals surface area (Å²) >= 11 is 0. The summed E-state index contributed by atoms with van der Waals surface area (Å²) in [6.07, 6.45) is -9.12. The van der Waals surface area contributed by atoms with Crippen molar-refractivity contribution in [1.29, 1.82) is 0 Å². The van der Waals surface area contributed by atoms with Crippen molar-refractivity contribution in [3.63, 3.8) is 0 Å². The molecule has 0 saturated carbocycles. The molecule has 0 heterocycles. The van der Waals surface area contributed by atoms with Crippen LogP contribution in [0.15, 0.2) is 30.9 Å². The Morgan fingerprint density at radius 2 is 1.50 bits per heavy atom. The highest BCUT2D eigenvalue weighted by molar-refractivity contribution is 5.81. The zero-order valence-electron chi connectivity index (χ0n) is 9.81. The van der Waals surface area contributed by atoms with E-state index in [1.807, 2.05) is 0 Å². The monoisotopic (exact) mass is 298 g/mol. The number of halogens is 6. The Bertz CT molecular complexity index is 483. The van der Waals surface area contributed by atoms with Gasteiger partial charge in [-0.1, -0.05) is 6.58 Å². The maximum absolute atomic E-state index is 12.5. The van der Waals surface area contributed by atoms with Crippen LogP contribution < -0.4 is 0 Å². The molecule has 8 heteroatoms. The van der Waals surface area contributed by atoms with Crippen LogP contribution in [-0.2, 0) is 28.5 Å². The molecule has 0 aliphatic rings. The quantitative estimate of drug-likeness (QED) is 0.480. The number of alkyl halides is 6. The van der Waals surface area contributed by atoms with Crippen molar-refractivity contribution in [1.82, 2.24) is 0 Å². The molecule has 0 N–H and O–H groups in total. The van der Waals surface area contributed by atoms with Crippen molar-refractivity contribution in [3.05, 3.63) is 47.5 Å². The number of esters is 1. The van der Waals surface area contributed by atoms with Gasteiger partial charge in [-0.15, -0.1) is 0 Å². The third kappa shape index (κ3) is 4.29. The lowest BCUT2D eigenvalue weighted by Crippen LogP contribution is -2.12. The van der Waals surface area contributed by atoms with E-state index < -0.39 is 41.6 Å². The largest absolute Gasteiger partial charge is 0.458 e. The van der Waals surface area contributed by atoms with Gasteiger partial charge in [-0.3, -0.25) is 0 Å². The highest BCUT2D eigenvalue weighted by Gasteiger charge is 2.36. The van der Waals surface area contributed by atoms with Gasteiger partial charge in [0.05, 0.1) is 11.1 Å². The Hall–Kier alpha value is -1.99. The number of rotatable bonds is 3. The average molecular weight is 298 g/mol. The minimum atomic E-state index is -4.93. The molecule has 0 aromatic heterocycles. The van der Waals surface area contributed by atoms with E-state index in [1.165, 1.54) is 0 Å². The summed E-state index contributed by atoms with van der Waals surface area (Å²) in [6, 6.07) is 0.982. The smallest absolute Gasteiger partial charge is 0.416 e. The number of carbonyl (C=O) groups excluding carboxylic acids is 1. The second-order valence-corrected chi connectivity index (χ2v) is 3.73. The zero-order chi connectivity index (χ0) is 15.6. The molecule has 1 rings (SSSR count). The first kappa shape index (κ1) is 16.1. The Balaban J connectivity index is 3.17. The predicted octanol–water partition coefficient (Wildman–Crippen LogP) is 3.95. The summed E-state index contributed by atoms with van der Waals surface area (Å²) in [5.41, 5.74) is -3.34. The van der Waals surface area contributed by atoms with Gasteiger partial charge in [0.15, 0.2) is 0 Å². The number of hydrogen-bond acceptors (Lipinski definition) is 2. The molecule has 20 heavy (non-hydrogen) atoms. The highest BCUT2D eigenvalue weighted by Crippen LogP contribution is 2.36. The van der Waals surface area contributed by atoms with Crippen molar-refractivity contribution in [2.45, 2.75) is 19.0 Å². The second-order valence-electron chi connectivity index (χ2n) is 3.73. The lowest BCUT2D eigenvalue weighted by molar-refractivity contribution is -0.143. The Labute approximate surface area is 109 Å². The van der Waals surface area contributed by atoms with E-state index in [2.05, 4.69) is 11.3 Å². The first-order chi connectivity index (χ1) is 9.04. The summed E-state index contributed by atoms with van der Waals surface area (Å²) < 4.78 is 79.5. The van der Waals surface area contributed by atoms with Crippen molar-refractivity contribution in [2.75, 3.05) is 0 Å². The molecule has 0 spiro atoms. The lowest BCUT2D eigenvalue weighted by Gasteiger charge is -2.14. The van der Waals surface area contributed by atoms with Crippen LogP contribution in [0.2, 0.25) is 0 Å². The van der Waals surface area contributed by atoms with Crippen molar-refractivity contribution < 1.29 is 35.9 Å². The Morgan fingerprint density at radius 1 is 1.05 bits per heavy atom. The van der Waals surface area contributed by atoms with Crippen molar-refractivity contribution >= 4 is 5.97 Å². The minimum absolute atomic E-state index is 0.00117. The van der Waals surface area contributed by atoms with E-state index in [0.29, 0.717) is 12.1 Å². The van der Waals surface area contributed by atoms with Gasteiger partial charge in [-0.25, -0.2) is 4.79 Å². The minimum Gasteiger partial charge on any atom is -0.458 e. The third-order valence-corrected chi connectivity index (χ3v) is 2.20. The molecule has 0 saturated heterocycles. The van der Waals surface area contributed by atoms with Crippen molar-refractivity contribution in [3.8, 4) is 0 Å². The van der Waals surface area contributed by atoms with E-state index in [1.54, 1.807) is 0 Å².